The molecule has 1 saturated heterocycles. The van der Waals surface area contributed by atoms with Crippen molar-refractivity contribution in [1.82, 2.24) is 15.1 Å². The SMILES string of the molecule is FC(F)c1nnc(-c2ccc(CNc3ccccc3)cc2)o1.NCCCN1CCC(F)C1. The number of anilines is 1. The average Bonchev–Trinajstić information content (AvgIpc) is 3.47. The Balaban J connectivity index is 0.000000243. The number of nitrogens with zero attached hydrogens (tertiary/aromatic N) is 3. The Morgan fingerprint density at radius 2 is 1.84 bits per heavy atom. The summed E-state index contributed by atoms with van der Waals surface area (Å²) in [5.74, 6) is -0.567. The molecule has 1 unspecified atom stereocenters. The molecule has 2 heterocycles. The Morgan fingerprint density at radius 3 is 2.44 bits per heavy atom. The lowest BCUT2D eigenvalue weighted by Gasteiger charge is -2.12. The molecule has 0 saturated carbocycles. The molecule has 0 radical (unpaired) electrons. The van der Waals surface area contributed by atoms with Gasteiger partial charge in [-0.15, -0.1) is 10.2 Å². The average molecular weight is 448 g/mol. The largest absolute Gasteiger partial charge is 0.415 e. The minimum Gasteiger partial charge on any atom is -0.415 e. The van der Waals surface area contributed by atoms with Crippen LogP contribution in [0.5, 0.6) is 0 Å². The van der Waals surface area contributed by atoms with E-state index in [2.05, 4.69) is 20.4 Å². The van der Waals surface area contributed by atoms with Crippen molar-refractivity contribution in [3.8, 4) is 11.5 Å². The summed E-state index contributed by atoms with van der Waals surface area (Å²) >= 11 is 0. The first-order valence-corrected chi connectivity index (χ1v) is 10.6. The summed E-state index contributed by atoms with van der Waals surface area (Å²) in [6.07, 6.45) is -1.63. The van der Waals surface area contributed by atoms with Crippen LogP contribution < -0.4 is 11.1 Å². The fourth-order valence-corrected chi connectivity index (χ4v) is 3.27. The van der Waals surface area contributed by atoms with Crippen molar-refractivity contribution in [2.75, 3.05) is 31.5 Å². The first-order valence-electron chi connectivity index (χ1n) is 10.6. The molecule has 1 aromatic heterocycles. The summed E-state index contributed by atoms with van der Waals surface area (Å²) in [5, 5.41) is 10.2. The highest BCUT2D eigenvalue weighted by Gasteiger charge is 2.20. The van der Waals surface area contributed by atoms with Gasteiger partial charge in [0.15, 0.2) is 0 Å². The lowest BCUT2D eigenvalue weighted by Crippen LogP contribution is -2.23. The van der Waals surface area contributed by atoms with Gasteiger partial charge >= 0.3 is 6.43 Å². The maximum absolute atomic E-state index is 12.5. The molecule has 3 N–H and O–H groups in total. The molecule has 0 amide bonds. The van der Waals surface area contributed by atoms with Crippen LogP contribution in [0.4, 0.5) is 18.9 Å². The van der Waals surface area contributed by atoms with Crippen molar-refractivity contribution >= 4 is 5.69 Å². The molecule has 1 fully saturated rings. The van der Waals surface area contributed by atoms with Gasteiger partial charge in [-0.1, -0.05) is 30.3 Å². The number of nitrogens with two attached hydrogens (primary N) is 1. The van der Waals surface area contributed by atoms with Crippen LogP contribution in [-0.4, -0.2) is 47.4 Å². The molecule has 9 heteroatoms. The molecule has 6 nitrogen and oxygen atoms in total. The second-order valence-corrected chi connectivity index (χ2v) is 7.49. The number of aromatic nitrogens is 2. The summed E-state index contributed by atoms with van der Waals surface area (Å²) in [6.45, 7) is 3.89. The minimum atomic E-state index is -2.75. The van der Waals surface area contributed by atoms with Gasteiger partial charge in [-0.25, -0.2) is 4.39 Å². The van der Waals surface area contributed by atoms with E-state index >= 15 is 0 Å². The molecule has 1 aliphatic heterocycles. The zero-order chi connectivity index (χ0) is 22.8. The van der Waals surface area contributed by atoms with Crippen LogP contribution in [0.15, 0.2) is 59.0 Å². The molecule has 0 spiro atoms. The highest BCUT2D eigenvalue weighted by molar-refractivity contribution is 5.53. The monoisotopic (exact) mass is 447 g/mol. The normalized spacial score (nSPS) is 16.1. The first kappa shape index (κ1) is 23.7. The van der Waals surface area contributed by atoms with Crippen LogP contribution in [0.3, 0.4) is 0 Å². The van der Waals surface area contributed by atoms with Crippen molar-refractivity contribution in [3.05, 3.63) is 66.1 Å². The van der Waals surface area contributed by atoms with E-state index in [1.807, 2.05) is 42.5 Å². The van der Waals surface area contributed by atoms with Gasteiger partial charge in [-0.2, -0.15) is 8.78 Å². The third kappa shape index (κ3) is 7.35. The van der Waals surface area contributed by atoms with E-state index in [-0.39, 0.29) is 5.89 Å². The highest BCUT2D eigenvalue weighted by atomic mass is 19.3. The standard InChI is InChI=1S/C16H13F2N3O.C7H15FN2/c17-14(18)16-21-20-15(22-16)12-8-6-11(7-9-12)10-19-13-4-2-1-3-5-13;8-7-2-5-10(6-7)4-1-3-9/h1-9,14,19H,10H2;7H,1-6,9H2. The number of rotatable bonds is 8. The van der Waals surface area contributed by atoms with Crippen LogP contribution in [0.2, 0.25) is 0 Å². The molecular weight excluding hydrogens is 419 g/mol. The van der Waals surface area contributed by atoms with Gasteiger partial charge in [0.25, 0.3) is 5.89 Å². The maximum Gasteiger partial charge on any atom is 0.314 e. The zero-order valence-corrected chi connectivity index (χ0v) is 17.8. The number of hydrogen-bond donors (Lipinski definition) is 2. The van der Waals surface area contributed by atoms with E-state index in [9.17, 15) is 13.2 Å². The number of alkyl halides is 3. The van der Waals surface area contributed by atoms with E-state index in [1.54, 1.807) is 12.1 Å². The van der Waals surface area contributed by atoms with Crippen molar-refractivity contribution < 1.29 is 17.6 Å². The predicted octanol–water partition coefficient (Wildman–Crippen LogP) is 4.67. The molecule has 2 aromatic carbocycles. The van der Waals surface area contributed by atoms with Crippen molar-refractivity contribution in [2.45, 2.75) is 32.0 Å². The lowest BCUT2D eigenvalue weighted by atomic mass is 10.1. The van der Waals surface area contributed by atoms with E-state index in [1.165, 1.54) is 0 Å². The molecule has 3 aromatic rings. The number of benzene rings is 2. The van der Waals surface area contributed by atoms with Gasteiger partial charge in [-0.05, 0) is 55.8 Å². The summed E-state index contributed by atoms with van der Waals surface area (Å²) < 4.78 is 42.3. The second kappa shape index (κ2) is 12.2. The van der Waals surface area contributed by atoms with Gasteiger partial charge in [0.2, 0.25) is 5.89 Å². The summed E-state index contributed by atoms with van der Waals surface area (Å²) in [4.78, 5) is 2.14. The van der Waals surface area contributed by atoms with Gasteiger partial charge in [0, 0.05) is 30.9 Å². The van der Waals surface area contributed by atoms with E-state index < -0.39 is 18.5 Å². The van der Waals surface area contributed by atoms with Gasteiger partial charge in [0.05, 0.1) is 0 Å². The second-order valence-electron chi connectivity index (χ2n) is 7.49. The molecule has 172 valence electrons. The summed E-state index contributed by atoms with van der Waals surface area (Å²) in [6, 6.07) is 17.2. The molecule has 32 heavy (non-hydrogen) atoms. The maximum atomic E-state index is 12.5. The molecule has 1 atom stereocenters. The Bertz CT molecular complexity index is 921. The van der Waals surface area contributed by atoms with Crippen molar-refractivity contribution in [2.24, 2.45) is 5.73 Å². The smallest absolute Gasteiger partial charge is 0.314 e. The summed E-state index contributed by atoms with van der Waals surface area (Å²) in [5.41, 5.74) is 8.02. The van der Waals surface area contributed by atoms with Crippen molar-refractivity contribution in [3.63, 3.8) is 0 Å². The molecule has 4 rings (SSSR count). The van der Waals surface area contributed by atoms with Crippen molar-refractivity contribution in [1.29, 1.82) is 0 Å². The molecule has 0 aliphatic carbocycles. The lowest BCUT2D eigenvalue weighted by molar-refractivity contribution is 0.116. The number of para-hydroxylation sites is 1. The topological polar surface area (TPSA) is 80.2 Å². The number of hydrogen-bond acceptors (Lipinski definition) is 6. The Labute approximate surface area is 185 Å². The zero-order valence-electron chi connectivity index (χ0n) is 17.8. The Hall–Kier alpha value is -2.91. The van der Waals surface area contributed by atoms with E-state index in [0.29, 0.717) is 31.6 Å². The van der Waals surface area contributed by atoms with Crippen LogP contribution >= 0.6 is 0 Å². The van der Waals surface area contributed by atoms with Crippen LogP contribution in [0.1, 0.15) is 30.7 Å². The number of likely N-dealkylation sites (tertiary alicyclic amines) is 1. The molecular formula is C23H28F3N5O. The van der Waals surface area contributed by atoms with Crippen LogP contribution in [-0.2, 0) is 6.54 Å². The number of nitrogens with one attached hydrogen (secondary N) is 1. The van der Waals surface area contributed by atoms with E-state index in [0.717, 1.165) is 30.8 Å². The van der Waals surface area contributed by atoms with Gasteiger partial charge in [-0.3, -0.25) is 0 Å². The van der Waals surface area contributed by atoms with E-state index in [4.69, 9.17) is 10.2 Å². The minimum absolute atomic E-state index is 0.0952. The predicted molar refractivity (Wildman–Crippen MR) is 118 cm³/mol. The van der Waals surface area contributed by atoms with Crippen LogP contribution in [0, 0.1) is 0 Å². The highest BCUT2D eigenvalue weighted by Crippen LogP contribution is 2.23. The van der Waals surface area contributed by atoms with Gasteiger partial charge in [0.1, 0.15) is 6.17 Å². The first-order chi connectivity index (χ1) is 15.5. The molecule has 1 aliphatic rings. The number of halogens is 3. The fourth-order valence-electron chi connectivity index (χ4n) is 3.27. The fraction of sp³-hybridized carbons (Fsp3) is 0.391. The van der Waals surface area contributed by atoms with Gasteiger partial charge < -0.3 is 20.4 Å². The van der Waals surface area contributed by atoms with Crippen LogP contribution in [0.25, 0.3) is 11.5 Å². The Morgan fingerprint density at radius 1 is 1.09 bits per heavy atom. The third-order valence-corrected chi connectivity index (χ3v) is 4.99. The quantitative estimate of drug-likeness (QED) is 0.523. The molecule has 0 bridgehead atoms. The summed E-state index contributed by atoms with van der Waals surface area (Å²) in [7, 11) is 0. The Kier molecular flexibility index (Phi) is 9.06. The third-order valence-electron chi connectivity index (χ3n) is 4.99.